The molecule has 0 saturated carbocycles. The van der Waals surface area contributed by atoms with E-state index in [0.29, 0.717) is 17.1 Å². The van der Waals surface area contributed by atoms with Gasteiger partial charge in [-0.3, -0.25) is 0 Å². The molecule has 3 rings (SSSR count). The number of anilines is 2. The van der Waals surface area contributed by atoms with Gasteiger partial charge in [0, 0.05) is 17.3 Å². The van der Waals surface area contributed by atoms with Crippen molar-refractivity contribution in [3.05, 3.63) is 53.7 Å². The molecule has 7 nitrogen and oxygen atoms in total. The van der Waals surface area contributed by atoms with Crippen molar-refractivity contribution in [2.45, 2.75) is 0 Å². The van der Waals surface area contributed by atoms with Gasteiger partial charge in [0.2, 0.25) is 0 Å². The Morgan fingerprint density at radius 2 is 2.00 bits per heavy atom. The van der Waals surface area contributed by atoms with Crippen LogP contribution in [0.4, 0.5) is 16.2 Å². The lowest BCUT2D eigenvalue weighted by Gasteiger charge is -2.11. The predicted octanol–water partition coefficient (Wildman–Crippen LogP) is 4.02. The molecule has 0 aliphatic rings. The smallest absolute Gasteiger partial charge is 0.343 e. The molecule has 3 N–H and O–H groups in total. The van der Waals surface area contributed by atoms with E-state index in [1.54, 1.807) is 24.4 Å². The largest absolute Gasteiger partial charge is 0.480 e. The summed E-state index contributed by atoms with van der Waals surface area (Å²) in [6.45, 7) is -0.246. The fraction of sp³-hybridized carbons (Fsp3) is 0.111. The van der Waals surface area contributed by atoms with E-state index in [-0.39, 0.29) is 11.6 Å². The molecule has 8 heteroatoms. The number of esters is 1. The van der Waals surface area contributed by atoms with Crippen LogP contribution in [0.15, 0.2) is 48.7 Å². The van der Waals surface area contributed by atoms with E-state index in [1.165, 1.54) is 13.2 Å². The van der Waals surface area contributed by atoms with E-state index in [2.05, 4.69) is 20.4 Å². The van der Waals surface area contributed by atoms with Crippen molar-refractivity contribution in [2.75, 3.05) is 24.4 Å². The Hall–Kier alpha value is -3.19. The summed E-state index contributed by atoms with van der Waals surface area (Å²) in [7, 11) is 1.27. The molecule has 1 heterocycles. The van der Waals surface area contributed by atoms with Crippen LogP contribution in [0.3, 0.4) is 0 Å². The Morgan fingerprint density at radius 1 is 1.15 bits per heavy atom. The van der Waals surface area contributed by atoms with E-state index in [9.17, 15) is 9.59 Å². The van der Waals surface area contributed by atoms with Crippen molar-refractivity contribution in [1.29, 1.82) is 0 Å². The van der Waals surface area contributed by atoms with Crippen molar-refractivity contribution in [3.63, 3.8) is 0 Å². The monoisotopic (exact) mass is 373 g/mol. The molecular formula is C18H16ClN3O4. The lowest BCUT2D eigenvalue weighted by Crippen LogP contribution is -2.19. The van der Waals surface area contributed by atoms with Gasteiger partial charge in [-0.2, -0.15) is 0 Å². The Kier molecular flexibility index (Phi) is 5.28. The van der Waals surface area contributed by atoms with Crippen LogP contribution in [-0.4, -0.2) is 30.7 Å². The second-order valence-electron chi connectivity index (χ2n) is 5.34. The van der Waals surface area contributed by atoms with Gasteiger partial charge in [-0.1, -0.05) is 23.7 Å². The first kappa shape index (κ1) is 17.6. The number of fused-ring (bicyclic) bond motifs is 1. The second-order valence-corrected chi connectivity index (χ2v) is 5.74. The zero-order chi connectivity index (χ0) is 18.5. The number of rotatable bonds is 5. The highest BCUT2D eigenvalue weighted by atomic mass is 35.5. The molecule has 0 radical (unpaired) electrons. The van der Waals surface area contributed by atoms with Crippen LogP contribution in [0, 0.1) is 0 Å². The summed E-state index contributed by atoms with van der Waals surface area (Å²) in [5.41, 5.74) is 1.98. The number of hydrogen-bond donors (Lipinski definition) is 3. The quantitative estimate of drug-likeness (QED) is 0.589. The average molecular weight is 374 g/mol. The SMILES string of the molecule is COC(=O)COc1ccc(NC(=O)Nc2cccc3cc[nH]c23)cc1Cl. The number of methoxy groups -OCH3 is 1. The van der Waals surface area contributed by atoms with Gasteiger partial charge in [-0.25, -0.2) is 9.59 Å². The van der Waals surface area contributed by atoms with Gasteiger partial charge < -0.3 is 25.1 Å². The van der Waals surface area contributed by atoms with E-state index in [4.69, 9.17) is 16.3 Å². The molecular weight excluding hydrogens is 358 g/mol. The molecule has 134 valence electrons. The zero-order valence-corrected chi connectivity index (χ0v) is 14.6. The summed E-state index contributed by atoms with van der Waals surface area (Å²) in [4.78, 5) is 26.4. The Balaban J connectivity index is 1.65. The van der Waals surface area contributed by atoms with Gasteiger partial charge in [0.1, 0.15) is 5.75 Å². The number of H-pyrrole nitrogens is 1. The summed E-state index contributed by atoms with van der Waals surface area (Å²) in [5.74, 6) is -0.194. The Bertz CT molecular complexity index is 955. The summed E-state index contributed by atoms with van der Waals surface area (Å²) in [6.07, 6.45) is 1.81. The number of carbonyl (C=O) groups excluding carboxylic acids is 2. The normalized spacial score (nSPS) is 10.4. The molecule has 2 amide bonds. The second kappa shape index (κ2) is 7.79. The number of nitrogens with one attached hydrogen (secondary N) is 3. The van der Waals surface area contributed by atoms with Gasteiger partial charge >= 0.3 is 12.0 Å². The first-order chi connectivity index (χ1) is 12.6. The molecule has 26 heavy (non-hydrogen) atoms. The lowest BCUT2D eigenvalue weighted by molar-refractivity contribution is -0.142. The molecule has 0 aliphatic carbocycles. The van der Waals surface area contributed by atoms with Crippen molar-refractivity contribution >= 4 is 45.9 Å². The highest BCUT2D eigenvalue weighted by molar-refractivity contribution is 6.32. The maximum atomic E-state index is 12.2. The van der Waals surface area contributed by atoms with E-state index >= 15 is 0 Å². The fourth-order valence-electron chi connectivity index (χ4n) is 2.37. The molecule has 0 spiro atoms. The molecule has 1 aromatic heterocycles. The first-order valence-electron chi connectivity index (χ1n) is 7.70. The topological polar surface area (TPSA) is 92.4 Å². The fourth-order valence-corrected chi connectivity index (χ4v) is 2.60. The van der Waals surface area contributed by atoms with Crippen molar-refractivity contribution in [2.24, 2.45) is 0 Å². The number of ether oxygens (including phenoxy) is 2. The molecule has 0 bridgehead atoms. The number of carbonyl (C=O) groups is 2. The van der Waals surface area contributed by atoms with Crippen molar-refractivity contribution in [1.82, 2.24) is 4.98 Å². The van der Waals surface area contributed by atoms with Crippen LogP contribution < -0.4 is 15.4 Å². The summed E-state index contributed by atoms with van der Waals surface area (Å²) in [5, 5.41) is 6.74. The third-order valence-corrected chi connectivity index (χ3v) is 3.89. The molecule has 0 unspecified atom stereocenters. The van der Waals surface area contributed by atoms with Crippen LogP contribution in [0.25, 0.3) is 10.9 Å². The molecule has 3 aromatic rings. The number of urea groups is 1. The molecule has 0 saturated heterocycles. The Morgan fingerprint density at radius 3 is 2.77 bits per heavy atom. The minimum Gasteiger partial charge on any atom is -0.480 e. The van der Waals surface area contributed by atoms with Crippen LogP contribution in [0.5, 0.6) is 5.75 Å². The van der Waals surface area contributed by atoms with E-state index in [1.807, 2.05) is 18.2 Å². The average Bonchev–Trinajstić information content (AvgIpc) is 3.10. The van der Waals surface area contributed by atoms with Crippen LogP contribution in [0.1, 0.15) is 0 Å². The number of aromatic nitrogens is 1. The highest BCUT2D eigenvalue weighted by Crippen LogP contribution is 2.28. The minimum absolute atomic E-state index is 0.246. The number of amides is 2. The number of benzene rings is 2. The standard InChI is InChI=1S/C18H16ClN3O4/c1-25-16(23)10-26-15-6-5-12(9-13(15)19)21-18(24)22-14-4-2-3-11-7-8-20-17(11)14/h2-9,20H,10H2,1H3,(H2,21,22,24). The van der Waals surface area contributed by atoms with Gasteiger partial charge in [0.05, 0.1) is 23.3 Å². The zero-order valence-electron chi connectivity index (χ0n) is 13.8. The summed E-state index contributed by atoms with van der Waals surface area (Å²) < 4.78 is 9.74. The van der Waals surface area contributed by atoms with Crippen LogP contribution >= 0.6 is 11.6 Å². The van der Waals surface area contributed by atoms with E-state index < -0.39 is 12.0 Å². The maximum absolute atomic E-state index is 12.2. The highest BCUT2D eigenvalue weighted by Gasteiger charge is 2.10. The van der Waals surface area contributed by atoms with Gasteiger partial charge in [0.25, 0.3) is 0 Å². The summed E-state index contributed by atoms with van der Waals surface area (Å²) >= 11 is 6.11. The third kappa shape index (κ3) is 4.07. The van der Waals surface area contributed by atoms with Gasteiger partial charge in [0.15, 0.2) is 6.61 Å². The van der Waals surface area contributed by atoms with Crippen LogP contribution in [-0.2, 0) is 9.53 Å². The molecule has 2 aromatic carbocycles. The molecule has 0 aliphatic heterocycles. The predicted molar refractivity (Wildman–Crippen MR) is 99.9 cm³/mol. The van der Waals surface area contributed by atoms with Gasteiger partial charge in [-0.05, 0) is 30.3 Å². The molecule has 0 fully saturated rings. The van der Waals surface area contributed by atoms with Crippen molar-refractivity contribution in [3.8, 4) is 5.75 Å². The summed E-state index contributed by atoms with van der Waals surface area (Å²) in [6, 6.07) is 11.8. The Labute approximate surface area is 154 Å². The number of aromatic amines is 1. The maximum Gasteiger partial charge on any atom is 0.343 e. The number of halogens is 1. The molecule has 0 atom stereocenters. The number of hydrogen-bond acceptors (Lipinski definition) is 4. The first-order valence-corrected chi connectivity index (χ1v) is 8.08. The lowest BCUT2D eigenvalue weighted by atomic mass is 10.2. The van der Waals surface area contributed by atoms with Gasteiger partial charge in [-0.15, -0.1) is 0 Å². The van der Waals surface area contributed by atoms with E-state index in [0.717, 1.165) is 10.9 Å². The number of para-hydroxylation sites is 1. The third-order valence-electron chi connectivity index (χ3n) is 3.60. The minimum atomic E-state index is -0.513. The van der Waals surface area contributed by atoms with Crippen molar-refractivity contribution < 1.29 is 19.1 Å². The van der Waals surface area contributed by atoms with Crippen LogP contribution in [0.2, 0.25) is 5.02 Å².